The second kappa shape index (κ2) is 74.5. The van der Waals surface area contributed by atoms with Crippen LogP contribution < -0.4 is 0 Å². The van der Waals surface area contributed by atoms with Gasteiger partial charge >= 0.3 is 39.5 Å². The van der Waals surface area contributed by atoms with Crippen LogP contribution in [0.25, 0.3) is 0 Å². The van der Waals surface area contributed by atoms with E-state index in [2.05, 4.69) is 41.5 Å². The molecule has 3 N–H and O–H groups in total. The molecule has 0 aromatic rings. The summed E-state index contributed by atoms with van der Waals surface area (Å²) >= 11 is 0. The molecule has 0 bridgehead atoms. The number of ether oxygens (including phenoxy) is 4. The normalized spacial score (nSPS) is 14.1. The molecule has 0 aliphatic heterocycles. The molecule has 0 spiro atoms. The van der Waals surface area contributed by atoms with Gasteiger partial charge in [-0.1, -0.05) is 388 Å². The third-order valence-electron chi connectivity index (χ3n) is 19.8. The first-order valence-electron chi connectivity index (χ1n) is 43.0. The van der Waals surface area contributed by atoms with E-state index in [1.807, 2.05) is 0 Å². The standard InChI is InChI=1S/C83H162O17P2/c1-7-10-12-14-16-18-20-22-23-24-25-26-27-28-29-31-35-43-49-55-61-67-82(87)99-78(71-94-81(86)66-60-54-48-42-36-32-33-39-45-51-57-63-75(4)5)73-97-101(89,90)95-69-77(84)70-96-102(91,92)98-74-79(72-93-80(85)65-59-53-47-41-34-30-21-19-17-15-13-11-8-2)100-83(88)68-62-56-50-44-38-37-40-46-52-58-64-76(6)9-3/h75-79,84H,7-74H2,1-6H3,(H,89,90)(H,91,92)/t76?,77-,78-,79-/m1/s1. The van der Waals surface area contributed by atoms with E-state index in [4.69, 9.17) is 37.0 Å². The lowest BCUT2D eigenvalue weighted by Crippen LogP contribution is -2.30. The minimum atomic E-state index is -4.96. The third kappa shape index (κ3) is 74.9. The second-order valence-electron chi connectivity index (χ2n) is 30.6. The predicted octanol–water partition coefficient (Wildman–Crippen LogP) is 25.1. The quantitative estimate of drug-likeness (QED) is 0.0222. The van der Waals surface area contributed by atoms with Crippen LogP contribution in [-0.2, 0) is 65.4 Å². The van der Waals surface area contributed by atoms with Gasteiger partial charge in [-0.25, -0.2) is 9.13 Å². The van der Waals surface area contributed by atoms with Crippen LogP contribution >= 0.6 is 15.6 Å². The fraction of sp³-hybridized carbons (Fsp3) is 0.952. The van der Waals surface area contributed by atoms with Crippen LogP contribution in [0.3, 0.4) is 0 Å². The van der Waals surface area contributed by atoms with Crippen LogP contribution in [-0.4, -0.2) is 96.7 Å². The van der Waals surface area contributed by atoms with Gasteiger partial charge in [-0.3, -0.25) is 37.3 Å². The van der Waals surface area contributed by atoms with E-state index in [1.54, 1.807) is 0 Å². The molecule has 0 aromatic heterocycles. The Labute approximate surface area is 626 Å². The number of aliphatic hydroxyl groups is 1. The molecule has 0 aromatic carbocycles. The number of rotatable bonds is 82. The van der Waals surface area contributed by atoms with Gasteiger partial charge in [0, 0.05) is 25.7 Å². The Bertz CT molecular complexity index is 1960. The zero-order valence-electron chi connectivity index (χ0n) is 66.9. The number of unbranched alkanes of at least 4 members (excludes halogenated alkanes) is 51. The van der Waals surface area contributed by atoms with Gasteiger partial charge in [0.25, 0.3) is 0 Å². The Morgan fingerprint density at radius 2 is 0.500 bits per heavy atom. The Kier molecular flexibility index (Phi) is 73.1. The van der Waals surface area contributed by atoms with Gasteiger partial charge in [0.2, 0.25) is 0 Å². The number of carbonyl (C=O) groups is 4. The zero-order valence-corrected chi connectivity index (χ0v) is 68.7. The van der Waals surface area contributed by atoms with Crippen molar-refractivity contribution in [3.05, 3.63) is 0 Å². The number of aliphatic hydroxyl groups excluding tert-OH is 1. The SMILES string of the molecule is CCCCCCCCCCCCCCCCCCCCCCCC(=O)O[C@H](COC(=O)CCCCCCCCCCCCCC(C)C)COP(=O)(O)OC[C@@H](O)COP(=O)(O)OC[C@@H](COC(=O)CCCCCCCCCCCCCCC)OC(=O)CCCCCCCCCCCCC(C)CC. The van der Waals surface area contributed by atoms with Gasteiger partial charge in [-0.15, -0.1) is 0 Å². The van der Waals surface area contributed by atoms with Gasteiger partial charge in [-0.05, 0) is 37.5 Å². The average molecular weight is 1490 g/mol. The molecule has 6 atom stereocenters. The van der Waals surface area contributed by atoms with Gasteiger partial charge in [0.05, 0.1) is 26.4 Å². The number of carbonyl (C=O) groups excluding carboxylic acids is 4. The summed E-state index contributed by atoms with van der Waals surface area (Å²) in [6.07, 6.45) is 65.1. The number of phosphoric ester groups is 2. The molecular formula is C83H162O17P2. The Balaban J connectivity index is 5.24. The monoisotopic (exact) mass is 1490 g/mol. The predicted molar refractivity (Wildman–Crippen MR) is 418 cm³/mol. The molecule has 0 saturated heterocycles. The first kappa shape index (κ1) is 100. The van der Waals surface area contributed by atoms with Crippen molar-refractivity contribution in [3.63, 3.8) is 0 Å². The summed E-state index contributed by atoms with van der Waals surface area (Å²) in [7, 11) is -9.92. The van der Waals surface area contributed by atoms with E-state index >= 15 is 0 Å². The van der Waals surface area contributed by atoms with E-state index in [-0.39, 0.29) is 25.7 Å². The van der Waals surface area contributed by atoms with Crippen molar-refractivity contribution < 1.29 is 80.2 Å². The average Bonchev–Trinajstić information content (AvgIpc) is 0.932. The Hall–Kier alpha value is -1.94. The van der Waals surface area contributed by atoms with Gasteiger partial charge in [-0.2, -0.15) is 0 Å². The molecule has 0 fully saturated rings. The molecule has 17 nitrogen and oxygen atoms in total. The summed E-state index contributed by atoms with van der Waals surface area (Å²) < 4.78 is 68.8. The Morgan fingerprint density at radius 3 is 0.745 bits per heavy atom. The van der Waals surface area contributed by atoms with Gasteiger partial charge in [0.15, 0.2) is 12.2 Å². The number of esters is 4. The van der Waals surface area contributed by atoms with Crippen LogP contribution in [0.5, 0.6) is 0 Å². The van der Waals surface area contributed by atoms with Crippen molar-refractivity contribution in [2.75, 3.05) is 39.6 Å². The van der Waals surface area contributed by atoms with Gasteiger partial charge in [0.1, 0.15) is 19.3 Å². The highest BCUT2D eigenvalue weighted by molar-refractivity contribution is 7.47. The lowest BCUT2D eigenvalue weighted by atomic mass is 9.99. The number of phosphoric acid groups is 2. The molecule has 3 unspecified atom stereocenters. The van der Waals surface area contributed by atoms with Crippen molar-refractivity contribution in [1.29, 1.82) is 0 Å². The molecular weight excluding hydrogens is 1330 g/mol. The lowest BCUT2D eigenvalue weighted by Gasteiger charge is -2.21. The molecule has 0 rings (SSSR count). The topological polar surface area (TPSA) is 237 Å². The number of hydrogen-bond donors (Lipinski definition) is 3. The highest BCUT2D eigenvalue weighted by Gasteiger charge is 2.30. The summed E-state index contributed by atoms with van der Waals surface area (Å²) in [5.74, 6) is -0.531. The summed E-state index contributed by atoms with van der Waals surface area (Å²) in [6.45, 7) is 9.68. The summed E-state index contributed by atoms with van der Waals surface area (Å²) in [6, 6.07) is 0. The molecule has 0 heterocycles. The first-order chi connectivity index (χ1) is 49.4. The van der Waals surface area contributed by atoms with E-state index < -0.39 is 97.5 Å². The fourth-order valence-electron chi connectivity index (χ4n) is 12.9. The van der Waals surface area contributed by atoms with Crippen molar-refractivity contribution in [2.24, 2.45) is 11.8 Å². The van der Waals surface area contributed by atoms with E-state index in [0.29, 0.717) is 25.7 Å². The summed E-state index contributed by atoms with van der Waals surface area (Å²) in [5, 5.41) is 10.7. The minimum absolute atomic E-state index is 0.107. The molecule has 0 radical (unpaired) electrons. The molecule has 19 heteroatoms. The molecule has 606 valence electrons. The van der Waals surface area contributed by atoms with Gasteiger partial charge < -0.3 is 33.8 Å². The maximum absolute atomic E-state index is 13.1. The highest BCUT2D eigenvalue weighted by Crippen LogP contribution is 2.45. The van der Waals surface area contributed by atoms with E-state index in [1.165, 1.54) is 257 Å². The van der Waals surface area contributed by atoms with Crippen molar-refractivity contribution >= 4 is 39.5 Å². The molecule has 102 heavy (non-hydrogen) atoms. The van der Waals surface area contributed by atoms with Crippen LogP contribution in [0, 0.1) is 11.8 Å². The summed E-state index contributed by atoms with van der Waals surface area (Å²) in [5.41, 5.74) is 0. The molecule has 0 aliphatic carbocycles. The number of hydrogen-bond acceptors (Lipinski definition) is 15. The van der Waals surface area contributed by atoms with Crippen molar-refractivity contribution in [3.8, 4) is 0 Å². The second-order valence-corrected chi connectivity index (χ2v) is 33.5. The third-order valence-corrected chi connectivity index (χ3v) is 21.7. The smallest absolute Gasteiger partial charge is 0.462 e. The van der Waals surface area contributed by atoms with Crippen molar-refractivity contribution in [2.45, 2.75) is 458 Å². The highest BCUT2D eigenvalue weighted by atomic mass is 31.2. The lowest BCUT2D eigenvalue weighted by molar-refractivity contribution is -0.161. The largest absolute Gasteiger partial charge is 0.472 e. The maximum Gasteiger partial charge on any atom is 0.472 e. The van der Waals surface area contributed by atoms with Crippen LogP contribution in [0.15, 0.2) is 0 Å². The zero-order chi connectivity index (χ0) is 74.9. The summed E-state index contributed by atoms with van der Waals surface area (Å²) in [4.78, 5) is 73.1. The van der Waals surface area contributed by atoms with Crippen LogP contribution in [0.1, 0.15) is 440 Å². The first-order valence-corrected chi connectivity index (χ1v) is 46.0. The Morgan fingerprint density at radius 1 is 0.284 bits per heavy atom. The fourth-order valence-corrected chi connectivity index (χ4v) is 14.4. The van der Waals surface area contributed by atoms with E-state index in [9.17, 15) is 43.2 Å². The molecule has 0 amide bonds. The maximum atomic E-state index is 13.1. The minimum Gasteiger partial charge on any atom is -0.462 e. The van der Waals surface area contributed by atoms with Crippen LogP contribution in [0.2, 0.25) is 0 Å². The van der Waals surface area contributed by atoms with Crippen molar-refractivity contribution in [1.82, 2.24) is 0 Å². The molecule has 0 saturated carbocycles. The van der Waals surface area contributed by atoms with Crippen LogP contribution in [0.4, 0.5) is 0 Å². The van der Waals surface area contributed by atoms with E-state index in [0.717, 1.165) is 102 Å². The molecule has 0 aliphatic rings.